The van der Waals surface area contributed by atoms with E-state index in [1.807, 2.05) is 35.7 Å². The Morgan fingerprint density at radius 1 is 1.12 bits per heavy atom. The molecule has 0 aliphatic heterocycles. The molecule has 0 radical (unpaired) electrons. The Morgan fingerprint density at radius 2 is 1.85 bits per heavy atom. The second kappa shape index (κ2) is 8.96. The average molecular weight is 372 g/mol. The van der Waals surface area contributed by atoms with Gasteiger partial charge in [0.1, 0.15) is 12.6 Å². The number of rotatable bonds is 6. The van der Waals surface area contributed by atoms with E-state index in [1.165, 1.54) is 22.7 Å². The molecule has 5 nitrogen and oxygen atoms in total. The number of amides is 2. The number of thiophene rings is 1. The Balaban J connectivity index is 1.93. The van der Waals surface area contributed by atoms with Gasteiger partial charge >= 0.3 is 0 Å². The molecule has 1 heterocycles. The fourth-order valence-corrected chi connectivity index (χ4v) is 4.26. The number of para-hydroxylation sites is 1. The predicted molar refractivity (Wildman–Crippen MR) is 103 cm³/mol. The summed E-state index contributed by atoms with van der Waals surface area (Å²) >= 11 is 1.44. The molecule has 1 aliphatic rings. The van der Waals surface area contributed by atoms with Crippen molar-refractivity contribution in [3.8, 4) is 0 Å². The Kier molecular flexibility index (Phi) is 6.41. The second-order valence-corrected chi connectivity index (χ2v) is 7.50. The molecule has 1 aromatic heterocycles. The van der Waals surface area contributed by atoms with Crippen molar-refractivity contribution in [2.24, 2.45) is 0 Å². The number of nitrogens with zero attached hydrogens (tertiary/aromatic N) is 1. The van der Waals surface area contributed by atoms with Gasteiger partial charge in [0, 0.05) is 16.6 Å². The summed E-state index contributed by atoms with van der Waals surface area (Å²) in [5, 5.41) is 14.5. The first kappa shape index (κ1) is 18.6. The van der Waals surface area contributed by atoms with Crippen LogP contribution < -0.4 is 10.2 Å². The molecule has 3 rings (SSSR count). The molecule has 1 aromatic carbocycles. The Hall–Kier alpha value is -2.18. The molecule has 26 heavy (non-hydrogen) atoms. The normalized spacial score (nSPS) is 16.0. The zero-order valence-electron chi connectivity index (χ0n) is 14.6. The Labute approximate surface area is 157 Å². The smallest absolute Gasteiger partial charge is 0.253 e. The highest BCUT2D eigenvalue weighted by Crippen LogP contribution is 2.31. The van der Waals surface area contributed by atoms with Crippen LogP contribution in [0.25, 0.3) is 0 Å². The summed E-state index contributed by atoms with van der Waals surface area (Å²) in [6.45, 7) is -0.645. The lowest BCUT2D eigenvalue weighted by Gasteiger charge is -2.32. The zero-order valence-corrected chi connectivity index (χ0v) is 15.5. The van der Waals surface area contributed by atoms with Crippen molar-refractivity contribution in [1.82, 2.24) is 5.32 Å². The third-order valence-electron chi connectivity index (χ3n) is 4.71. The first-order chi connectivity index (χ1) is 12.7. The van der Waals surface area contributed by atoms with E-state index in [4.69, 9.17) is 0 Å². The molecule has 2 aromatic rings. The maximum absolute atomic E-state index is 13.2. The van der Waals surface area contributed by atoms with Crippen molar-refractivity contribution in [2.75, 3.05) is 11.5 Å². The molecule has 6 heteroatoms. The lowest BCUT2D eigenvalue weighted by molar-refractivity contribution is -0.128. The summed E-state index contributed by atoms with van der Waals surface area (Å²) in [5.74, 6) is -0.682. The van der Waals surface area contributed by atoms with Gasteiger partial charge in [0.25, 0.3) is 5.91 Å². The molecular formula is C20H24N2O3S. The van der Waals surface area contributed by atoms with Crippen LogP contribution in [0.15, 0.2) is 47.8 Å². The Bertz CT molecular complexity index is 712. The van der Waals surface area contributed by atoms with Crippen LogP contribution in [0.1, 0.15) is 43.0 Å². The maximum atomic E-state index is 13.2. The topological polar surface area (TPSA) is 69.6 Å². The molecule has 1 unspecified atom stereocenters. The van der Waals surface area contributed by atoms with Gasteiger partial charge in [-0.15, -0.1) is 11.3 Å². The standard InChI is InChI=1S/C20H24N2O3S/c23-14-18(24)22(16-10-5-2-6-11-16)19(17-12-7-13-26-17)20(25)21-15-8-3-1-4-9-15/h2,5-7,10-13,15,19,23H,1,3-4,8-9,14H2,(H,21,25). The second-order valence-electron chi connectivity index (χ2n) is 6.52. The number of anilines is 1. The molecule has 1 aliphatic carbocycles. The van der Waals surface area contributed by atoms with Crippen molar-refractivity contribution in [3.63, 3.8) is 0 Å². The van der Waals surface area contributed by atoms with Crippen molar-refractivity contribution in [3.05, 3.63) is 52.7 Å². The van der Waals surface area contributed by atoms with Gasteiger partial charge in [-0.2, -0.15) is 0 Å². The monoisotopic (exact) mass is 372 g/mol. The number of aliphatic hydroxyl groups is 1. The van der Waals surface area contributed by atoms with E-state index in [9.17, 15) is 14.7 Å². The van der Waals surface area contributed by atoms with E-state index >= 15 is 0 Å². The minimum Gasteiger partial charge on any atom is -0.387 e. The lowest BCUT2D eigenvalue weighted by atomic mass is 9.95. The van der Waals surface area contributed by atoms with E-state index in [-0.39, 0.29) is 11.9 Å². The van der Waals surface area contributed by atoms with E-state index in [2.05, 4.69) is 5.32 Å². The quantitative estimate of drug-likeness (QED) is 0.818. The third kappa shape index (κ3) is 4.31. The molecule has 0 spiro atoms. The van der Waals surface area contributed by atoms with Gasteiger partial charge in [-0.1, -0.05) is 43.5 Å². The summed E-state index contributed by atoms with van der Waals surface area (Å²) in [5.41, 5.74) is 0.601. The number of benzene rings is 1. The van der Waals surface area contributed by atoms with Crippen LogP contribution in [0, 0.1) is 0 Å². The van der Waals surface area contributed by atoms with Crippen LogP contribution in [-0.2, 0) is 9.59 Å². The number of hydrogen-bond acceptors (Lipinski definition) is 4. The highest BCUT2D eigenvalue weighted by atomic mass is 32.1. The first-order valence-corrected chi connectivity index (χ1v) is 9.90. The van der Waals surface area contributed by atoms with Crippen molar-refractivity contribution in [1.29, 1.82) is 0 Å². The van der Waals surface area contributed by atoms with Gasteiger partial charge in [0.2, 0.25) is 5.91 Å². The van der Waals surface area contributed by atoms with Gasteiger partial charge in [-0.05, 0) is 36.4 Å². The van der Waals surface area contributed by atoms with Crippen LogP contribution >= 0.6 is 11.3 Å². The fourth-order valence-electron chi connectivity index (χ4n) is 3.45. The molecule has 0 saturated heterocycles. The lowest BCUT2D eigenvalue weighted by Crippen LogP contribution is -2.47. The molecule has 1 fully saturated rings. The molecule has 2 N–H and O–H groups in total. The van der Waals surface area contributed by atoms with Gasteiger partial charge in [0.15, 0.2) is 0 Å². The fraction of sp³-hybridized carbons (Fsp3) is 0.400. The maximum Gasteiger partial charge on any atom is 0.253 e. The minimum atomic E-state index is -0.779. The van der Waals surface area contributed by atoms with Crippen molar-refractivity contribution < 1.29 is 14.7 Å². The van der Waals surface area contributed by atoms with Crippen molar-refractivity contribution in [2.45, 2.75) is 44.2 Å². The van der Waals surface area contributed by atoms with Gasteiger partial charge in [-0.25, -0.2) is 0 Å². The van der Waals surface area contributed by atoms with Crippen LogP contribution in [0.4, 0.5) is 5.69 Å². The van der Waals surface area contributed by atoms with Gasteiger partial charge < -0.3 is 10.4 Å². The van der Waals surface area contributed by atoms with Crippen LogP contribution in [0.5, 0.6) is 0 Å². The summed E-state index contributed by atoms with van der Waals surface area (Å²) in [6, 6.07) is 12.1. The summed E-state index contributed by atoms with van der Waals surface area (Å²) in [4.78, 5) is 27.9. The third-order valence-corrected chi connectivity index (χ3v) is 5.63. The number of hydrogen-bond donors (Lipinski definition) is 2. The number of nitrogens with one attached hydrogen (secondary N) is 1. The molecule has 138 valence electrons. The van der Waals surface area contributed by atoms with Crippen LogP contribution in [0.2, 0.25) is 0 Å². The highest BCUT2D eigenvalue weighted by molar-refractivity contribution is 7.10. The molecule has 1 saturated carbocycles. The van der Waals surface area contributed by atoms with Gasteiger partial charge in [-0.3, -0.25) is 14.5 Å². The largest absolute Gasteiger partial charge is 0.387 e. The first-order valence-electron chi connectivity index (χ1n) is 9.02. The van der Waals surface area contributed by atoms with Gasteiger partial charge in [0.05, 0.1) is 0 Å². The molecule has 1 atom stereocenters. The predicted octanol–water partition coefficient (Wildman–Crippen LogP) is 3.26. The molecule has 2 amide bonds. The highest BCUT2D eigenvalue weighted by Gasteiger charge is 2.34. The van der Waals surface area contributed by atoms with Crippen molar-refractivity contribution >= 4 is 28.8 Å². The number of carbonyl (C=O) groups is 2. The average Bonchev–Trinajstić information content (AvgIpc) is 3.21. The molecular weight excluding hydrogens is 348 g/mol. The summed E-state index contributed by atoms with van der Waals surface area (Å²) in [6.07, 6.45) is 5.39. The van der Waals surface area contributed by atoms with E-state index in [1.54, 1.807) is 12.1 Å². The molecule has 0 bridgehead atoms. The zero-order chi connectivity index (χ0) is 18.4. The van der Waals surface area contributed by atoms with E-state index in [0.717, 1.165) is 30.6 Å². The number of carbonyl (C=O) groups excluding carboxylic acids is 2. The number of aliphatic hydroxyl groups excluding tert-OH is 1. The van der Waals surface area contributed by atoms with Crippen LogP contribution in [-0.4, -0.2) is 29.6 Å². The van der Waals surface area contributed by atoms with E-state index in [0.29, 0.717) is 5.69 Å². The van der Waals surface area contributed by atoms with Crippen LogP contribution in [0.3, 0.4) is 0 Å². The summed E-state index contributed by atoms with van der Waals surface area (Å²) in [7, 11) is 0. The summed E-state index contributed by atoms with van der Waals surface area (Å²) < 4.78 is 0. The SMILES string of the molecule is O=C(NC1CCCCC1)C(c1cccs1)N(C(=O)CO)c1ccccc1. The Morgan fingerprint density at radius 3 is 2.46 bits per heavy atom. The minimum absolute atomic E-state index is 0.153. The van der Waals surface area contributed by atoms with E-state index < -0.39 is 18.6 Å².